The molecule has 28 heavy (non-hydrogen) atoms. The Kier molecular flexibility index (Phi) is 9.47. The molecule has 9 heteroatoms. The number of rotatable bonds is 9. The van der Waals surface area contributed by atoms with Gasteiger partial charge >= 0.3 is 0 Å². The molecule has 0 radical (unpaired) electrons. The summed E-state index contributed by atoms with van der Waals surface area (Å²) in [5, 5.41) is 3.81. The van der Waals surface area contributed by atoms with E-state index in [4.69, 9.17) is 27.9 Å². The highest BCUT2D eigenvalue weighted by atomic mass is 35.5. The number of ether oxygens (including phenoxy) is 1. The summed E-state index contributed by atoms with van der Waals surface area (Å²) in [6.07, 6.45) is 0. The Balaban J connectivity index is 1.70. The lowest BCUT2D eigenvalue weighted by Crippen LogP contribution is -2.51. The summed E-state index contributed by atoms with van der Waals surface area (Å²) in [5.41, 5.74) is 0.939. The summed E-state index contributed by atoms with van der Waals surface area (Å²) < 4.78 is 4.92. The van der Waals surface area contributed by atoms with Gasteiger partial charge < -0.3 is 15.0 Å². The lowest BCUT2D eigenvalue weighted by Gasteiger charge is -2.34. The molecule has 0 unspecified atom stereocenters. The smallest absolute Gasteiger partial charge is 0.236 e. The van der Waals surface area contributed by atoms with Crippen LogP contribution in [0, 0.1) is 0 Å². The van der Waals surface area contributed by atoms with E-state index in [2.05, 4.69) is 15.1 Å². The maximum Gasteiger partial charge on any atom is 0.236 e. The summed E-state index contributed by atoms with van der Waals surface area (Å²) in [6.45, 7) is 5.32. The van der Waals surface area contributed by atoms with Crippen molar-refractivity contribution >= 4 is 35.0 Å². The Labute approximate surface area is 176 Å². The van der Waals surface area contributed by atoms with Gasteiger partial charge in [0.15, 0.2) is 0 Å². The molecule has 0 bridgehead atoms. The van der Waals surface area contributed by atoms with E-state index in [0.717, 1.165) is 31.7 Å². The number of halogens is 2. The fourth-order valence-corrected chi connectivity index (χ4v) is 3.29. The first-order chi connectivity index (χ1) is 13.4. The van der Waals surface area contributed by atoms with Gasteiger partial charge in [0.05, 0.1) is 29.7 Å². The van der Waals surface area contributed by atoms with Gasteiger partial charge in [0, 0.05) is 53.4 Å². The summed E-state index contributed by atoms with van der Waals surface area (Å²) in [7, 11) is 3.39. The third kappa shape index (κ3) is 7.56. The maximum absolute atomic E-state index is 12.5. The minimum Gasteiger partial charge on any atom is -0.383 e. The number of likely N-dealkylation sites (N-methyl/N-ethyl adjacent to an activating group) is 1. The number of methoxy groups -OCH3 is 1. The first-order valence-electron chi connectivity index (χ1n) is 9.27. The number of nitrogens with zero attached hydrogens (tertiary/aromatic N) is 3. The molecule has 7 nitrogen and oxygen atoms in total. The lowest BCUT2D eigenvalue weighted by atomic mass is 10.2. The average Bonchev–Trinajstić information content (AvgIpc) is 2.66. The molecule has 1 aromatic carbocycles. The van der Waals surface area contributed by atoms with Gasteiger partial charge in [-0.15, -0.1) is 0 Å². The number of hydrogen-bond donors (Lipinski definition) is 1. The minimum atomic E-state index is 0.00272. The van der Waals surface area contributed by atoms with Crippen LogP contribution in [0.2, 0.25) is 10.0 Å². The molecular formula is C19H28Cl2N4O3. The fraction of sp³-hybridized carbons (Fsp3) is 0.579. The maximum atomic E-state index is 12.5. The molecule has 0 atom stereocenters. The van der Waals surface area contributed by atoms with Gasteiger partial charge in [0.2, 0.25) is 11.8 Å². The molecule has 2 rings (SSSR count). The van der Waals surface area contributed by atoms with E-state index >= 15 is 0 Å². The van der Waals surface area contributed by atoms with Crippen molar-refractivity contribution in [2.24, 2.45) is 0 Å². The topological polar surface area (TPSA) is 65.1 Å². The van der Waals surface area contributed by atoms with Crippen LogP contribution in [0.1, 0.15) is 5.56 Å². The summed E-state index contributed by atoms with van der Waals surface area (Å²) in [5.74, 6) is 0.0553. The summed E-state index contributed by atoms with van der Waals surface area (Å²) in [4.78, 5) is 30.3. The Morgan fingerprint density at radius 2 is 1.75 bits per heavy atom. The molecule has 1 N–H and O–H groups in total. The third-order valence-electron chi connectivity index (χ3n) is 4.65. The second kappa shape index (κ2) is 11.6. The molecule has 0 aromatic heterocycles. The molecular weight excluding hydrogens is 403 g/mol. The van der Waals surface area contributed by atoms with Crippen molar-refractivity contribution in [3.8, 4) is 0 Å². The van der Waals surface area contributed by atoms with Crippen molar-refractivity contribution in [3.63, 3.8) is 0 Å². The lowest BCUT2D eigenvalue weighted by molar-refractivity contribution is -0.132. The fourth-order valence-electron chi connectivity index (χ4n) is 2.97. The van der Waals surface area contributed by atoms with Crippen LogP contribution in [0.3, 0.4) is 0 Å². The van der Waals surface area contributed by atoms with Crippen LogP contribution >= 0.6 is 23.2 Å². The highest BCUT2D eigenvalue weighted by molar-refractivity contribution is 6.42. The standard InChI is InChI=1S/C19H28Cl2N4O3/c1-23(12-15-3-4-16(20)17(21)11-15)19(27)14-25-8-6-24(7-9-25)13-18(26)22-5-10-28-2/h3-4,11H,5-10,12-14H2,1-2H3,(H,22,26). The van der Waals surface area contributed by atoms with Gasteiger partial charge in [-0.05, 0) is 17.7 Å². The second-order valence-electron chi connectivity index (χ2n) is 6.89. The van der Waals surface area contributed by atoms with Gasteiger partial charge in [0.25, 0.3) is 0 Å². The first kappa shape index (κ1) is 22.9. The SMILES string of the molecule is COCCNC(=O)CN1CCN(CC(=O)N(C)Cc2ccc(Cl)c(Cl)c2)CC1. The number of benzene rings is 1. The van der Waals surface area contributed by atoms with E-state index in [9.17, 15) is 9.59 Å². The summed E-state index contributed by atoms with van der Waals surface area (Å²) in [6, 6.07) is 5.39. The second-order valence-corrected chi connectivity index (χ2v) is 7.71. The van der Waals surface area contributed by atoms with Crippen molar-refractivity contribution in [2.75, 3.05) is 66.6 Å². The number of piperazine rings is 1. The third-order valence-corrected chi connectivity index (χ3v) is 5.39. The van der Waals surface area contributed by atoms with Crippen molar-refractivity contribution in [2.45, 2.75) is 6.54 Å². The largest absolute Gasteiger partial charge is 0.383 e. The van der Waals surface area contributed by atoms with Gasteiger partial charge in [-0.3, -0.25) is 19.4 Å². The zero-order valence-corrected chi connectivity index (χ0v) is 17.9. The molecule has 0 aliphatic carbocycles. The van der Waals surface area contributed by atoms with E-state index in [0.29, 0.717) is 42.8 Å². The average molecular weight is 431 g/mol. The van der Waals surface area contributed by atoms with Crippen LogP contribution in [-0.2, 0) is 20.9 Å². The van der Waals surface area contributed by atoms with Gasteiger partial charge in [-0.1, -0.05) is 29.3 Å². The predicted octanol–water partition coefficient (Wildman–Crippen LogP) is 1.33. The molecule has 156 valence electrons. The highest BCUT2D eigenvalue weighted by Crippen LogP contribution is 2.23. The number of nitrogens with one attached hydrogen (secondary N) is 1. The molecule has 2 amide bonds. The molecule has 0 saturated carbocycles. The van der Waals surface area contributed by atoms with Crippen LogP contribution in [0.25, 0.3) is 0 Å². The number of hydrogen-bond acceptors (Lipinski definition) is 5. The Bertz CT molecular complexity index is 667. The predicted molar refractivity (Wildman–Crippen MR) is 111 cm³/mol. The highest BCUT2D eigenvalue weighted by Gasteiger charge is 2.21. The van der Waals surface area contributed by atoms with Crippen LogP contribution in [-0.4, -0.2) is 93.1 Å². The zero-order valence-electron chi connectivity index (χ0n) is 16.4. The first-order valence-corrected chi connectivity index (χ1v) is 10.0. The minimum absolute atomic E-state index is 0.00272. The summed E-state index contributed by atoms with van der Waals surface area (Å²) >= 11 is 12.0. The zero-order chi connectivity index (χ0) is 20.5. The molecule has 1 fully saturated rings. The molecule has 1 heterocycles. The van der Waals surface area contributed by atoms with E-state index < -0.39 is 0 Å². The van der Waals surface area contributed by atoms with Crippen molar-refractivity contribution < 1.29 is 14.3 Å². The van der Waals surface area contributed by atoms with Gasteiger partial charge in [-0.25, -0.2) is 0 Å². The molecule has 1 saturated heterocycles. The Morgan fingerprint density at radius 3 is 2.36 bits per heavy atom. The van der Waals surface area contributed by atoms with Crippen LogP contribution < -0.4 is 5.32 Å². The monoisotopic (exact) mass is 430 g/mol. The van der Waals surface area contributed by atoms with Crippen LogP contribution in [0.4, 0.5) is 0 Å². The molecule has 1 aliphatic rings. The van der Waals surface area contributed by atoms with Gasteiger partial charge in [0.1, 0.15) is 0 Å². The number of carbonyl (C=O) groups is 2. The molecule has 0 spiro atoms. The quantitative estimate of drug-likeness (QED) is 0.598. The van der Waals surface area contributed by atoms with E-state index in [-0.39, 0.29) is 11.8 Å². The van der Waals surface area contributed by atoms with Crippen LogP contribution in [0.15, 0.2) is 18.2 Å². The van der Waals surface area contributed by atoms with E-state index in [1.54, 1.807) is 31.2 Å². The van der Waals surface area contributed by atoms with Crippen molar-refractivity contribution in [1.29, 1.82) is 0 Å². The Morgan fingerprint density at radius 1 is 1.11 bits per heavy atom. The molecule has 1 aliphatic heterocycles. The van der Waals surface area contributed by atoms with Gasteiger partial charge in [-0.2, -0.15) is 0 Å². The van der Waals surface area contributed by atoms with E-state index in [1.807, 2.05) is 6.07 Å². The Hall–Kier alpha value is -1.38. The number of amides is 2. The van der Waals surface area contributed by atoms with Crippen LogP contribution in [0.5, 0.6) is 0 Å². The number of carbonyl (C=O) groups excluding carboxylic acids is 2. The normalized spacial score (nSPS) is 15.4. The van der Waals surface area contributed by atoms with Crippen molar-refractivity contribution in [3.05, 3.63) is 33.8 Å². The molecule has 1 aromatic rings. The van der Waals surface area contributed by atoms with E-state index in [1.165, 1.54) is 0 Å². The van der Waals surface area contributed by atoms with Crippen molar-refractivity contribution in [1.82, 2.24) is 20.0 Å².